The lowest BCUT2D eigenvalue weighted by molar-refractivity contribution is 0.445. The van der Waals surface area contributed by atoms with Gasteiger partial charge < -0.3 is 15.5 Å². The molecule has 3 heteroatoms. The van der Waals surface area contributed by atoms with Crippen molar-refractivity contribution >= 4 is 0 Å². The minimum atomic E-state index is 0.114. The Labute approximate surface area is 96.1 Å². The molecule has 0 saturated heterocycles. The molecule has 1 fully saturated rings. The van der Waals surface area contributed by atoms with Crippen molar-refractivity contribution in [3.8, 4) is 11.5 Å². The fourth-order valence-electron chi connectivity index (χ4n) is 2.00. The minimum Gasteiger partial charge on any atom is -0.508 e. The molecule has 0 heterocycles. The number of aromatic hydroxyl groups is 2. The summed E-state index contributed by atoms with van der Waals surface area (Å²) in [4.78, 5) is 0. The third-order valence-corrected chi connectivity index (χ3v) is 3.39. The molecule has 0 aliphatic heterocycles. The van der Waals surface area contributed by atoms with E-state index in [9.17, 15) is 10.2 Å². The normalized spacial score (nSPS) is 25.4. The lowest BCUT2D eigenvalue weighted by atomic mass is 10.1. The molecule has 1 aromatic carbocycles. The van der Waals surface area contributed by atoms with E-state index in [0.717, 1.165) is 23.9 Å². The first-order valence-corrected chi connectivity index (χ1v) is 5.82. The molecule has 0 bridgehead atoms. The second-order valence-corrected chi connectivity index (χ2v) is 4.89. The quantitative estimate of drug-likeness (QED) is 0.731. The van der Waals surface area contributed by atoms with Gasteiger partial charge in [-0.2, -0.15) is 0 Å². The molecule has 1 aliphatic carbocycles. The van der Waals surface area contributed by atoms with Crippen molar-refractivity contribution in [1.82, 2.24) is 5.32 Å². The van der Waals surface area contributed by atoms with E-state index in [1.165, 1.54) is 12.5 Å². The van der Waals surface area contributed by atoms with E-state index in [1.807, 2.05) is 6.92 Å². The molecule has 3 N–H and O–H groups in total. The molecule has 3 unspecified atom stereocenters. The van der Waals surface area contributed by atoms with E-state index >= 15 is 0 Å². The van der Waals surface area contributed by atoms with Gasteiger partial charge in [0.25, 0.3) is 0 Å². The summed E-state index contributed by atoms with van der Waals surface area (Å²) in [5, 5.41) is 22.2. The Balaban J connectivity index is 1.94. The Morgan fingerprint density at radius 3 is 2.38 bits per heavy atom. The summed E-state index contributed by atoms with van der Waals surface area (Å²) >= 11 is 0. The maximum Gasteiger partial charge on any atom is 0.119 e. The van der Waals surface area contributed by atoms with Gasteiger partial charge in [0.1, 0.15) is 11.5 Å². The zero-order chi connectivity index (χ0) is 11.7. The fraction of sp³-hybridized carbons (Fsp3) is 0.538. The predicted molar refractivity (Wildman–Crippen MR) is 63.5 cm³/mol. The number of hydrogen-bond donors (Lipinski definition) is 3. The molecule has 0 spiro atoms. The topological polar surface area (TPSA) is 52.5 Å². The predicted octanol–water partition coefficient (Wildman–Crippen LogP) is 2.40. The first-order chi connectivity index (χ1) is 7.56. The average Bonchev–Trinajstić information content (AvgIpc) is 2.89. The summed E-state index contributed by atoms with van der Waals surface area (Å²) in [6.45, 7) is 5.32. The molecule has 1 saturated carbocycles. The Hall–Kier alpha value is -1.22. The van der Waals surface area contributed by atoms with Gasteiger partial charge in [-0.3, -0.25) is 0 Å². The Morgan fingerprint density at radius 2 is 1.88 bits per heavy atom. The van der Waals surface area contributed by atoms with Crippen LogP contribution in [0.25, 0.3) is 0 Å². The SMILES string of the molecule is CC(NCC1CC1C)c1cc(O)cc(O)c1. The summed E-state index contributed by atoms with van der Waals surface area (Å²) in [6, 6.07) is 4.88. The number of nitrogens with one attached hydrogen (secondary N) is 1. The highest BCUT2D eigenvalue weighted by Gasteiger charge is 2.32. The highest BCUT2D eigenvalue weighted by atomic mass is 16.3. The summed E-state index contributed by atoms with van der Waals surface area (Å²) in [5.41, 5.74) is 0.922. The van der Waals surface area contributed by atoms with Crippen LogP contribution in [0.2, 0.25) is 0 Å². The van der Waals surface area contributed by atoms with Gasteiger partial charge in [0.15, 0.2) is 0 Å². The van der Waals surface area contributed by atoms with Crippen LogP contribution in [0.15, 0.2) is 18.2 Å². The van der Waals surface area contributed by atoms with E-state index in [1.54, 1.807) is 12.1 Å². The molecule has 3 nitrogen and oxygen atoms in total. The van der Waals surface area contributed by atoms with Crippen LogP contribution in [-0.2, 0) is 0 Å². The molecule has 1 aliphatic rings. The lowest BCUT2D eigenvalue weighted by Crippen LogP contribution is -2.21. The maximum atomic E-state index is 9.39. The molecule has 3 atom stereocenters. The molecule has 0 radical (unpaired) electrons. The van der Waals surface area contributed by atoms with Crippen LogP contribution < -0.4 is 5.32 Å². The van der Waals surface area contributed by atoms with Crippen molar-refractivity contribution in [2.75, 3.05) is 6.54 Å². The van der Waals surface area contributed by atoms with Crippen LogP contribution >= 0.6 is 0 Å². The summed E-state index contributed by atoms with van der Waals surface area (Å²) in [7, 11) is 0. The van der Waals surface area contributed by atoms with E-state index in [0.29, 0.717) is 0 Å². The van der Waals surface area contributed by atoms with Crippen molar-refractivity contribution in [2.24, 2.45) is 11.8 Å². The monoisotopic (exact) mass is 221 g/mol. The van der Waals surface area contributed by atoms with Crippen LogP contribution in [-0.4, -0.2) is 16.8 Å². The van der Waals surface area contributed by atoms with Crippen LogP contribution in [0.5, 0.6) is 11.5 Å². The third kappa shape index (κ3) is 2.67. The second kappa shape index (κ2) is 4.34. The first-order valence-electron chi connectivity index (χ1n) is 5.82. The number of phenols is 2. The highest BCUT2D eigenvalue weighted by Crippen LogP contribution is 2.37. The van der Waals surface area contributed by atoms with Crippen molar-refractivity contribution in [3.05, 3.63) is 23.8 Å². The molecule has 0 amide bonds. The van der Waals surface area contributed by atoms with Gasteiger partial charge in [-0.15, -0.1) is 0 Å². The number of phenolic OH excluding ortho intramolecular Hbond substituents is 2. The third-order valence-electron chi connectivity index (χ3n) is 3.39. The van der Waals surface area contributed by atoms with Gasteiger partial charge in [-0.05, 0) is 49.4 Å². The molecule has 0 aromatic heterocycles. The molecule has 2 rings (SSSR count). The van der Waals surface area contributed by atoms with E-state index in [-0.39, 0.29) is 17.5 Å². The number of hydrogen-bond acceptors (Lipinski definition) is 3. The smallest absolute Gasteiger partial charge is 0.119 e. The molecule has 1 aromatic rings. The Morgan fingerprint density at radius 1 is 1.31 bits per heavy atom. The Bertz CT molecular complexity index is 358. The van der Waals surface area contributed by atoms with Crippen LogP contribution in [0, 0.1) is 11.8 Å². The number of rotatable bonds is 4. The fourth-order valence-corrected chi connectivity index (χ4v) is 2.00. The largest absolute Gasteiger partial charge is 0.508 e. The summed E-state index contributed by atoms with van der Waals surface area (Å²) < 4.78 is 0. The highest BCUT2D eigenvalue weighted by molar-refractivity contribution is 5.37. The van der Waals surface area contributed by atoms with E-state index in [2.05, 4.69) is 12.2 Å². The van der Waals surface area contributed by atoms with Crippen molar-refractivity contribution < 1.29 is 10.2 Å². The lowest BCUT2D eigenvalue weighted by Gasteiger charge is -2.14. The van der Waals surface area contributed by atoms with Crippen molar-refractivity contribution in [3.63, 3.8) is 0 Å². The summed E-state index contributed by atoms with van der Waals surface area (Å²) in [5.74, 6) is 1.87. The van der Waals surface area contributed by atoms with Gasteiger partial charge in [-0.25, -0.2) is 0 Å². The maximum absolute atomic E-state index is 9.39. The Kier molecular flexibility index (Phi) is 3.06. The van der Waals surface area contributed by atoms with Gasteiger partial charge in [0.2, 0.25) is 0 Å². The van der Waals surface area contributed by atoms with Crippen LogP contribution in [0.1, 0.15) is 31.9 Å². The van der Waals surface area contributed by atoms with Crippen molar-refractivity contribution in [1.29, 1.82) is 0 Å². The van der Waals surface area contributed by atoms with E-state index in [4.69, 9.17) is 0 Å². The zero-order valence-electron chi connectivity index (χ0n) is 9.77. The van der Waals surface area contributed by atoms with Gasteiger partial charge >= 0.3 is 0 Å². The van der Waals surface area contributed by atoms with Crippen LogP contribution in [0.3, 0.4) is 0 Å². The molecular formula is C13H19NO2. The first kappa shape index (κ1) is 11.3. The minimum absolute atomic E-state index is 0.114. The van der Waals surface area contributed by atoms with Crippen molar-refractivity contribution in [2.45, 2.75) is 26.3 Å². The molecule has 16 heavy (non-hydrogen) atoms. The molecular weight excluding hydrogens is 202 g/mol. The second-order valence-electron chi connectivity index (χ2n) is 4.89. The van der Waals surface area contributed by atoms with E-state index < -0.39 is 0 Å². The van der Waals surface area contributed by atoms with Gasteiger partial charge in [0.05, 0.1) is 0 Å². The average molecular weight is 221 g/mol. The number of benzene rings is 1. The van der Waals surface area contributed by atoms with Crippen LogP contribution in [0.4, 0.5) is 0 Å². The standard InChI is InChI=1S/C13H19NO2/c1-8-3-11(8)7-14-9(2)10-4-12(15)6-13(16)5-10/h4-6,8-9,11,14-16H,3,7H2,1-2H3. The zero-order valence-corrected chi connectivity index (χ0v) is 9.77. The van der Waals surface area contributed by atoms with Gasteiger partial charge in [-0.1, -0.05) is 6.92 Å². The molecule has 88 valence electrons. The van der Waals surface area contributed by atoms with Gasteiger partial charge in [0, 0.05) is 12.1 Å². The summed E-state index contributed by atoms with van der Waals surface area (Å²) in [6.07, 6.45) is 1.31.